The van der Waals surface area contributed by atoms with Crippen LogP contribution >= 0.6 is 0 Å². The number of hydrogen-bond donors (Lipinski definition) is 2. The van der Waals surface area contributed by atoms with Gasteiger partial charge in [-0.2, -0.15) is 0 Å². The molecule has 0 amide bonds. The van der Waals surface area contributed by atoms with Crippen molar-refractivity contribution >= 4 is 0 Å². The smallest absolute Gasteiger partial charge is 0.184 e. The van der Waals surface area contributed by atoms with Crippen molar-refractivity contribution in [3.05, 3.63) is 61.3 Å². The third kappa shape index (κ3) is 4.36. The first-order valence-electron chi connectivity index (χ1n) is 8.20. The summed E-state index contributed by atoms with van der Waals surface area (Å²) >= 11 is 0. The fraction of sp³-hybridized carbons (Fsp3) is 0.474. The summed E-state index contributed by atoms with van der Waals surface area (Å²) in [5, 5.41) is 19.6. The number of ether oxygens (including phenoxy) is 4. The van der Waals surface area contributed by atoms with Crippen LogP contribution in [0.2, 0.25) is 0 Å². The highest BCUT2D eigenvalue weighted by molar-refractivity contribution is 5.24. The highest BCUT2D eigenvalue weighted by Crippen LogP contribution is 2.33. The molecular weight excluding hydrogens is 324 g/mol. The third-order valence-electron chi connectivity index (χ3n) is 4.19. The molecule has 0 aromatic carbocycles. The van der Waals surface area contributed by atoms with Crippen molar-refractivity contribution in [1.29, 1.82) is 0 Å². The van der Waals surface area contributed by atoms with Crippen molar-refractivity contribution < 1.29 is 29.2 Å². The molecule has 2 heterocycles. The zero-order valence-corrected chi connectivity index (χ0v) is 14.4. The van der Waals surface area contributed by atoms with E-state index in [1.54, 1.807) is 24.3 Å². The molecule has 0 aliphatic carbocycles. The van der Waals surface area contributed by atoms with E-state index in [1.807, 2.05) is 13.0 Å². The molecule has 2 aliphatic heterocycles. The number of hydrogen-bond acceptors (Lipinski definition) is 6. The van der Waals surface area contributed by atoms with E-state index in [-0.39, 0.29) is 6.61 Å². The van der Waals surface area contributed by atoms with E-state index in [4.69, 9.17) is 18.9 Å². The minimum Gasteiger partial charge on any atom is -0.394 e. The Morgan fingerprint density at radius 2 is 1.84 bits per heavy atom. The molecule has 0 aromatic heterocycles. The van der Waals surface area contributed by atoms with Crippen molar-refractivity contribution in [2.75, 3.05) is 13.2 Å². The van der Waals surface area contributed by atoms with Gasteiger partial charge in [0.2, 0.25) is 0 Å². The van der Waals surface area contributed by atoms with Crippen LogP contribution < -0.4 is 0 Å². The van der Waals surface area contributed by atoms with Crippen LogP contribution in [0.4, 0.5) is 0 Å². The van der Waals surface area contributed by atoms with E-state index in [0.29, 0.717) is 5.57 Å². The first-order chi connectivity index (χ1) is 12.1. The summed E-state index contributed by atoms with van der Waals surface area (Å²) in [4.78, 5) is 0. The van der Waals surface area contributed by atoms with Crippen molar-refractivity contribution in [3.63, 3.8) is 0 Å². The van der Waals surface area contributed by atoms with Gasteiger partial charge in [-0.15, -0.1) is 0 Å². The van der Waals surface area contributed by atoms with Gasteiger partial charge in [0.25, 0.3) is 0 Å². The van der Waals surface area contributed by atoms with E-state index in [9.17, 15) is 10.2 Å². The molecule has 6 atom stereocenters. The monoisotopic (exact) mass is 350 g/mol. The maximum atomic E-state index is 10.2. The van der Waals surface area contributed by atoms with E-state index in [2.05, 4.69) is 19.7 Å². The summed E-state index contributed by atoms with van der Waals surface area (Å²) in [6, 6.07) is 0. The minimum absolute atomic E-state index is 0.250. The lowest BCUT2D eigenvalue weighted by molar-refractivity contribution is -0.353. The van der Waals surface area contributed by atoms with Crippen molar-refractivity contribution in [2.24, 2.45) is 0 Å². The summed E-state index contributed by atoms with van der Waals surface area (Å²) in [5.74, 6) is 0. The maximum absolute atomic E-state index is 10.2. The Kier molecular flexibility index (Phi) is 7.31. The molecule has 0 bridgehead atoms. The summed E-state index contributed by atoms with van der Waals surface area (Å²) in [5.41, 5.74) is 1.43. The second-order valence-electron chi connectivity index (χ2n) is 5.72. The molecule has 2 N–H and O–H groups in total. The molecule has 138 valence electrons. The highest BCUT2D eigenvalue weighted by atomic mass is 16.8. The molecule has 0 saturated carbocycles. The summed E-state index contributed by atoms with van der Waals surface area (Å²) < 4.78 is 23.4. The van der Waals surface area contributed by atoms with E-state index >= 15 is 0 Å². The zero-order chi connectivity index (χ0) is 18.4. The van der Waals surface area contributed by atoms with Gasteiger partial charge in [-0.05, 0) is 6.92 Å². The van der Waals surface area contributed by atoms with Gasteiger partial charge in [0.05, 0.1) is 13.2 Å². The lowest BCUT2D eigenvalue weighted by atomic mass is 9.99. The van der Waals surface area contributed by atoms with E-state index in [1.165, 1.54) is 0 Å². The Balaban J connectivity index is 2.24. The van der Waals surface area contributed by atoms with Crippen LogP contribution in [0.5, 0.6) is 0 Å². The van der Waals surface area contributed by atoms with Crippen molar-refractivity contribution in [2.45, 2.75) is 43.9 Å². The first kappa shape index (κ1) is 19.8. The second-order valence-corrected chi connectivity index (χ2v) is 5.72. The molecule has 25 heavy (non-hydrogen) atoms. The number of rotatable bonds is 7. The highest BCUT2D eigenvalue weighted by Gasteiger charge is 2.48. The van der Waals surface area contributed by atoms with Gasteiger partial charge in [0, 0.05) is 11.1 Å². The first-order valence-corrected chi connectivity index (χ1v) is 8.20. The van der Waals surface area contributed by atoms with Crippen molar-refractivity contribution in [1.82, 2.24) is 0 Å². The normalized spacial score (nSPS) is 34.8. The Morgan fingerprint density at radius 3 is 2.40 bits per heavy atom. The molecule has 0 radical (unpaired) electrons. The fourth-order valence-electron chi connectivity index (χ4n) is 2.84. The Morgan fingerprint density at radius 1 is 1.12 bits per heavy atom. The van der Waals surface area contributed by atoms with E-state index in [0.717, 1.165) is 5.57 Å². The zero-order valence-electron chi connectivity index (χ0n) is 14.4. The number of fused-ring (bicyclic) bond motifs is 1. The van der Waals surface area contributed by atoms with Gasteiger partial charge in [0.15, 0.2) is 12.6 Å². The molecule has 0 aromatic rings. The Labute approximate surface area is 148 Å². The largest absolute Gasteiger partial charge is 0.394 e. The molecule has 2 saturated heterocycles. The molecule has 0 spiro atoms. The molecule has 2 rings (SSSR count). The molecule has 6 unspecified atom stereocenters. The average Bonchev–Trinajstić information content (AvgIpc) is 2.65. The molecule has 2 aliphatic rings. The van der Waals surface area contributed by atoms with Gasteiger partial charge >= 0.3 is 0 Å². The van der Waals surface area contributed by atoms with Gasteiger partial charge in [-0.1, -0.05) is 50.1 Å². The van der Waals surface area contributed by atoms with Gasteiger partial charge in [0.1, 0.15) is 24.4 Å². The van der Waals surface area contributed by atoms with E-state index < -0.39 is 43.6 Å². The SMILES string of the molecule is C=C/C=C(\C=C)C1OCC2OC(/C(C=C)=C/C)OC(C(O)CO)C2O1. The van der Waals surface area contributed by atoms with Crippen LogP contribution in [0.25, 0.3) is 0 Å². The van der Waals surface area contributed by atoms with Gasteiger partial charge in [-0.25, -0.2) is 0 Å². The number of aliphatic hydroxyl groups is 2. The van der Waals surface area contributed by atoms with Crippen LogP contribution in [0.1, 0.15) is 6.92 Å². The molecule has 6 heteroatoms. The van der Waals surface area contributed by atoms with Gasteiger partial charge in [-0.3, -0.25) is 0 Å². The topological polar surface area (TPSA) is 77.4 Å². The van der Waals surface area contributed by atoms with Crippen LogP contribution in [-0.2, 0) is 18.9 Å². The van der Waals surface area contributed by atoms with Crippen LogP contribution in [-0.4, -0.2) is 60.4 Å². The maximum Gasteiger partial charge on any atom is 0.184 e. The summed E-state index contributed by atoms with van der Waals surface area (Å²) in [6.07, 6.45) is 4.09. The second kappa shape index (κ2) is 9.24. The fourth-order valence-corrected chi connectivity index (χ4v) is 2.84. The van der Waals surface area contributed by atoms with Crippen LogP contribution in [0, 0.1) is 0 Å². The number of aliphatic hydroxyl groups excluding tert-OH is 2. The lowest BCUT2D eigenvalue weighted by Crippen LogP contribution is -2.61. The predicted molar refractivity (Wildman–Crippen MR) is 93.7 cm³/mol. The number of allylic oxidation sites excluding steroid dienone is 3. The predicted octanol–water partition coefficient (Wildman–Crippen LogP) is 1.62. The molecular formula is C19H26O6. The average molecular weight is 350 g/mol. The minimum atomic E-state index is -1.11. The summed E-state index contributed by atoms with van der Waals surface area (Å²) in [7, 11) is 0. The quantitative estimate of drug-likeness (QED) is 0.680. The molecule has 6 nitrogen and oxygen atoms in total. The van der Waals surface area contributed by atoms with Crippen LogP contribution in [0.15, 0.2) is 61.3 Å². The Bertz CT molecular complexity index is 552. The lowest BCUT2D eigenvalue weighted by Gasteiger charge is -2.47. The Hall–Kier alpha value is -1.54. The van der Waals surface area contributed by atoms with Gasteiger partial charge < -0.3 is 29.2 Å². The van der Waals surface area contributed by atoms with Crippen LogP contribution in [0.3, 0.4) is 0 Å². The standard InChI is InChI=1S/C19H26O6/c1-5-9-13(8-4)18-22-11-15-17(25-18)16(14(21)10-20)24-19(23-15)12(6-2)7-3/h5-9,14-21H,1-2,4,10-11H2,3H3/b12-7+,13-9+. The third-order valence-corrected chi connectivity index (χ3v) is 4.19. The summed E-state index contributed by atoms with van der Waals surface area (Å²) in [6.45, 7) is 12.8. The van der Waals surface area contributed by atoms with Crippen molar-refractivity contribution in [3.8, 4) is 0 Å². The molecule has 2 fully saturated rings.